The smallest absolute Gasteiger partial charge is 0.223 e. The number of rotatable bonds is 5. The molecule has 2 N–H and O–H groups in total. The van der Waals surface area contributed by atoms with E-state index in [1.54, 1.807) is 11.8 Å². The van der Waals surface area contributed by atoms with Crippen LogP contribution in [0.25, 0.3) is 0 Å². The number of halogens is 1. The van der Waals surface area contributed by atoms with Crippen LogP contribution in [-0.2, 0) is 4.79 Å². The zero-order valence-electron chi connectivity index (χ0n) is 9.98. The number of amides is 1. The van der Waals surface area contributed by atoms with Gasteiger partial charge in [0.25, 0.3) is 0 Å². The quantitative estimate of drug-likeness (QED) is 0.827. The normalized spacial score (nSPS) is 20.4. The number of thioether (sulfide) groups is 1. The Morgan fingerprint density at radius 1 is 1.50 bits per heavy atom. The topological polar surface area (TPSA) is 46.3 Å². The van der Waals surface area contributed by atoms with Crippen molar-refractivity contribution in [3.05, 3.63) is 0 Å². The maximum Gasteiger partial charge on any atom is 0.223 e. The molecule has 0 spiro atoms. The minimum atomic E-state index is 0. The number of nitrogens with zero attached hydrogens (tertiary/aromatic N) is 1. The Kier molecular flexibility index (Phi) is 9.18. The first-order valence-corrected chi connectivity index (χ1v) is 7.17. The number of carbonyl (C=O) groups is 1. The Bertz CT molecular complexity index is 202. The van der Waals surface area contributed by atoms with Crippen LogP contribution in [0, 0.1) is 0 Å². The molecule has 3 nitrogen and oxygen atoms in total. The molecule has 1 saturated heterocycles. The van der Waals surface area contributed by atoms with Crippen LogP contribution in [0.15, 0.2) is 0 Å². The number of nitrogens with two attached hydrogens (primary N) is 1. The van der Waals surface area contributed by atoms with Gasteiger partial charge in [0.2, 0.25) is 5.91 Å². The molecule has 1 fully saturated rings. The van der Waals surface area contributed by atoms with Crippen LogP contribution in [0.3, 0.4) is 0 Å². The standard InChI is InChI=1S/C11H22N2OS.ClH/c1-15-9-6-11(14)13-8-3-2-4-10(13)5-7-12;/h10H,2-9,12H2,1H3;1H. The second-order valence-electron chi connectivity index (χ2n) is 4.06. The van der Waals surface area contributed by atoms with E-state index in [-0.39, 0.29) is 12.4 Å². The molecule has 0 radical (unpaired) electrons. The zero-order valence-corrected chi connectivity index (χ0v) is 11.6. The number of hydrogen-bond donors (Lipinski definition) is 1. The van der Waals surface area contributed by atoms with Crippen molar-refractivity contribution in [2.75, 3.05) is 25.1 Å². The van der Waals surface area contributed by atoms with Gasteiger partial charge in [-0.25, -0.2) is 0 Å². The van der Waals surface area contributed by atoms with Crippen LogP contribution in [0.4, 0.5) is 0 Å². The van der Waals surface area contributed by atoms with E-state index in [4.69, 9.17) is 5.73 Å². The number of piperidine rings is 1. The molecular weight excluding hydrogens is 244 g/mol. The van der Waals surface area contributed by atoms with Crippen molar-refractivity contribution in [2.24, 2.45) is 5.73 Å². The predicted molar refractivity (Wildman–Crippen MR) is 73.3 cm³/mol. The lowest BCUT2D eigenvalue weighted by Crippen LogP contribution is -2.44. The number of carbonyl (C=O) groups excluding carboxylic acids is 1. The first kappa shape index (κ1) is 16.1. The highest BCUT2D eigenvalue weighted by molar-refractivity contribution is 7.98. The lowest BCUT2D eigenvalue weighted by Gasteiger charge is -2.35. The summed E-state index contributed by atoms with van der Waals surface area (Å²) in [7, 11) is 0. The largest absolute Gasteiger partial charge is 0.340 e. The lowest BCUT2D eigenvalue weighted by molar-refractivity contribution is -0.134. The van der Waals surface area contributed by atoms with Gasteiger partial charge in [0.05, 0.1) is 0 Å². The Balaban J connectivity index is 0.00000225. The molecule has 1 unspecified atom stereocenters. The average molecular weight is 267 g/mol. The average Bonchev–Trinajstić information content (AvgIpc) is 2.27. The molecule has 0 aromatic heterocycles. The third kappa shape index (κ3) is 4.93. The van der Waals surface area contributed by atoms with Crippen LogP contribution in [0.1, 0.15) is 32.1 Å². The fraction of sp³-hybridized carbons (Fsp3) is 0.909. The summed E-state index contributed by atoms with van der Waals surface area (Å²) in [6, 6.07) is 0.415. The van der Waals surface area contributed by atoms with Gasteiger partial charge in [-0.15, -0.1) is 12.4 Å². The van der Waals surface area contributed by atoms with E-state index in [1.807, 2.05) is 6.26 Å². The van der Waals surface area contributed by atoms with Crippen molar-refractivity contribution in [1.82, 2.24) is 4.90 Å². The molecule has 5 heteroatoms. The zero-order chi connectivity index (χ0) is 11.1. The maximum atomic E-state index is 11.9. The molecule has 1 rings (SSSR count). The van der Waals surface area contributed by atoms with Gasteiger partial charge in [-0.05, 0) is 38.5 Å². The Morgan fingerprint density at radius 2 is 2.25 bits per heavy atom. The van der Waals surface area contributed by atoms with E-state index < -0.39 is 0 Å². The van der Waals surface area contributed by atoms with Crippen molar-refractivity contribution >= 4 is 30.1 Å². The molecule has 1 aliphatic heterocycles. The monoisotopic (exact) mass is 266 g/mol. The summed E-state index contributed by atoms with van der Waals surface area (Å²) < 4.78 is 0. The molecular formula is C11H23ClN2OS. The third-order valence-electron chi connectivity index (χ3n) is 2.97. The molecule has 0 aliphatic carbocycles. The van der Waals surface area contributed by atoms with Crippen molar-refractivity contribution in [2.45, 2.75) is 38.1 Å². The fourth-order valence-electron chi connectivity index (χ4n) is 2.15. The van der Waals surface area contributed by atoms with Crippen LogP contribution < -0.4 is 5.73 Å². The molecule has 1 amide bonds. The molecule has 0 aromatic carbocycles. The Morgan fingerprint density at radius 3 is 2.88 bits per heavy atom. The SMILES string of the molecule is CSCCC(=O)N1CCCCC1CCN.Cl. The van der Waals surface area contributed by atoms with E-state index >= 15 is 0 Å². The molecule has 0 bridgehead atoms. The van der Waals surface area contributed by atoms with Gasteiger partial charge in [0.1, 0.15) is 0 Å². The summed E-state index contributed by atoms with van der Waals surface area (Å²) in [5.41, 5.74) is 5.58. The van der Waals surface area contributed by atoms with E-state index in [1.165, 1.54) is 6.42 Å². The van der Waals surface area contributed by atoms with E-state index in [0.717, 1.165) is 31.6 Å². The lowest BCUT2D eigenvalue weighted by atomic mass is 9.99. The second kappa shape index (κ2) is 9.14. The van der Waals surface area contributed by atoms with Crippen molar-refractivity contribution in [3.8, 4) is 0 Å². The van der Waals surface area contributed by atoms with Crippen LogP contribution >= 0.6 is 24.2 Å². The summed E-state index contributed by atoms with van der Waals surface area (Å²) in [6.07, 6.45) is 7.24. The fourth-order valence-corrected chi connectivity index (χ4v) is 2.53. The molecule has 1 atom stereocenters. The maximum absolute atomic E-state index is 11.9. The van der Waals surface area contributed by atoms with Gasteiger partial charge in [-0.1, -0.05) is 0 Å². The Hall–Kier alpha value is 0.0700. The van der Waals surface area contributed by atoms with Crippen molar-refractivity contribution in [1.29, 1.82) is 0 Å². The minimum absolute atomic E-state index is 0. The van der Waals surface area contributed by atoms with Crippen molar-refractivity contribution in [3.63, 3.8) is 0 Å². The minimum Gasteiger partial charge on any atom is -0.340 e. The highest BCUT2D eigenvalue weighted by Crippen LogP contribution is 2.20. The summed E-state index contributed by atoms with van der Waals surface area (Å²) in [5.74, 6) is 1.26. The van der Waals surface area contributed by atoms with Gasteiger partial charge in [-0.2, -0.15) is 11.8 Å². The van der Waals surface area contributed by atoms with Gasteiger partial charge in [-0.3, -0.25) is 4.79 Å². The number of likely N-dealkylation sites (tertiary alicyclic amines) is 1. The van der Waals surface area contributed by atoms with E-state index in [9.17, 15) is 4.79 Å². The molecule has 1 aliphatic rings. The molecule has 0 aromatic rings. The Labute approximate surface area is 109 Å². The van der Waals surface area contributed by atoms with Crippen LogP contribution in [0.2, 0.25) is 0 Å². The highest BCUT2D eigenvalue weighted by Gasteiger charge is 2.25. The van der Waals surface area contributed by atoms with E-state index in [0.29, 0.717) is 24.9 Å². The predicted octanol–water partition coefficient (Wildman–Crippen LogP) is 1.89. The van der Waals surface area contributed by atoms with Gasteiger partial charge in [0.15, 0.2) is 0 Å². The highest BCUT2D eigenvalue weighted by atomic mass is 35.5. The first-order chi connectivity index (χ1) is 7.29. The second-order valence-corrected chi connectivity index (χ2v) is 5.04. The van der Waals surface area contributed by atoms with Crippen LogP contribution in [-0.4, -0.2) is 41.9 Å². The molecule has 96 valence electrons. The van der Waals surface area contributed by atoms with Crippen LogP contribution in [0.5, 0.6) is 0 Å². The molecule has 16 heavy (non-hydrogen) atoms. The molecule has 0 saturated carbocycles. The summed E-state index contributed by atoms with van der Waals surface area (Å²) >= 11 is 1.74. The van der Waals surface area contributed by atoms with Crippen molar-refractivity contribution < 1.29 is 4.79 Å². The van der Waals surface area contributed by atoms with E-state index in [2.05, 4.69) is 4.90 Å². The molecule has 1 heterocycles. The van der Waals surface area contributed by atoms with Gasteiger partial charge in [0, 0.05) is 24.8 Å². The third-order valence-corrected chi connectivity index (χ3v) is 3.58. The summed E-state index contributed by atoms with van der Waals surface area (Å²) in [6.45, 7) is 1.63. The first-order valence-electron chi connectivity index (χ1n) is 5.78. The van der Waals surface area contributed by atoms with Gasteiger partial charge >= 0.3 is 0 Å². The van der Waals surface area contributed by atoms with Gasteiger partial charge < -0.3 is 10.6 Å². The number of hydrogen-bond acceptors (Lipinski definition) is 3. The summed E-state index contributed by atoms with van der Waals surface area (Å²) in [5, 5.41) is 0. The summed E-state index contributed by atoms with van der Waals surface area (Å²) in [4.78, 5) is 14.0.